The molecule has 0 bridgehead atoms. The third kappa shape index (κ3) is 5.63. The van der Waals surface area contributed by atoms with Gasteiger partial charge < -0.3 is 26.1 Å². The molecule has 1 aliphatic heterocycles. The standard InChI is InChI=1S/C24H27F2N7S/c1-15-12-17(32-34-21-13-16(25)4-7-20(21)26)5-6-18(15)24-30-22(28)19(14-27)23(31-24)29-8-11-33-9-2-3-10-33/h4-7,12-14,27,32H,2-3,8-11H2,1H3,(H3,28,29,30,31). The van der Waals surface area contributed by atoms with Gasteiger partial charge in [0.2, 0.25) is 0 Å². The summed E-state index contributed by atoms with van der Waals surface area (Å²) in [5, 5.41) is 11.0. The molecule has 0 amide bonds. The number of rotatable bonds is 9. The lowest BCUT2D eigenvalue weighted by atomic mass is 10.1. The molecule has 5 N–H and O–H groups in total. The molecule has 0 radical (unpaired) electrons. The third-order valence-electron chi connectivity index (χ3n) is 5.68. The maximum atomic E-state index is 13.9. The first-order valence-corrected chi connectivity index (χ1v) is 11.9. The molecule has 1 saturated heterocycles. The Morgan fingerprint density at radius 2 is 1.94 bits per heavy atom. The first-order valence-electron chi connectivity index (χ1n) is 11.1. The first kappa shape index (κ1) is 23.9. The minimum absolute atomic E-state index is 0.171. The quantitative estimate of drug-likeness (QED) is 0.253. The Bertz CT molecular complexity index is 1180. The number of anilines is 3. The zero-order valence-corrected chi connectivity index (χ0v) is 19.7. The van der Waals surface area contributed by atoms with E-state index in [1.165, 1.54) is 19.1 Å². The summed E-state index contributed by atoms with van der Waals surface area (Å²) in [7, 11) is 0. The lowest BCUT2D eigenvalue weighted by Crippen LogP contribution is -2.26. The fourth-order valence-corrected chi connectivity index (χ4v) is 4.56. The summed E-state index contributed by atoms with van der Waals surface area (Å²) in [5.74, 6) is 0.245. The van der Waals surface area contributed by atoms with Gasteiger partial charge in [-0.2, -0.15) is 0 Å². The van der Waals surface area contributed by atoms with E-state index in [0.29, 0.717) is 23.8 Å². The fraction of sp³-hybridized carbons (Fsp3) is 0.292. The zero-order valence-electron chi connectivity index (χ0n) is 18.9. The Morgan fingerprint density at radius 3 is 2.68 bits per heavy atom. The largest absolute Gasteiger partial charge is 0.383 e. The molecule has 1 aromatic heterocycles. The van der Waals surface area contributed by atoms with E-state index < -0.39 is 11.6 Å². The number of halogens is 2. The van der Waals surface area contributed by atoms with Crippen LogP contribution in [0.25, 0.3) is 11.4 Å². The molecule has 0 unspecified atom stereocenters. The van der Waals surface area contributed by atoms with Crippen molar-refractivity contribution in [3.63, 3.8) is 0 Å². The van der Waals surface area contributed by atoms with Crippen molar-refractivity contribution < 1.29 is 8.78 Å². The lowest BCUT2D eigenvalue weighted by molar-refractivity contribution is 0.352. The van der Waals surface area contributed by atoms with Crippen molar-refractivity contribution in [1.29, 1.82) is 5.41 Å². The Balaban J connectivity index is 1.50. The fourth-order valence-electron chi connectivity index (χ4n) is 3.87. The summed E-state index contributed by atoms with van der Waals surface area (Å²) in [6.45, 7) is 5.74. The molecule has 1 fully saturated rings. The van der Waals surface area contributed by atoms with E-state index in [-0.39, 0.29) is 10.7 Å². The van der Waals surface area contributed by atoms with Crippen molar-refractivity contribution in [2.24, 2.45) is 0 Å². The smallest absolute Gasteiger partial charge is 0.164 e. The van der Waals surface area contributed by atoms with Crippen molar-refractivity contribution in [1.82, 2.24) is 14.9 Å². The monoisotopic (exact) mass is 483 g/mol. The minimum atomic E-state index is -0.495. The Morgan fingerprint density at radius 1 is 1.15 bits per heavy atom. The molecule has 2 aromatic carbocycles. The molecule has 10 heteroatoms. The van der Waals surface area contributed by atoms with Crippen molar-refractivity contribution in [3.8, 4) is 11.4 Å². The molecular weight excluding hydrogens is 456 g/mol. The highest BCUT2D eigenvalue weighted by Crippen LogP contribution is 2.30. The molecule has 0 atom stereocenters. The highest BCUT2D eigenvalue weighted by molar-refractivity contribution is 8.00. The van der Waals surface area contributed by atoms with Crippen LogP contribution in [0.2, 0.25) is 0 Å². The summed E-state index contributed by atoms with van der Waals surface area (Å²) in [6, 6.07) is 8.88. The van der Waals surface area contributed by atoms with Gasteiger partial charge in [0.25, 0.3) is 0 Å². The number of nitrogen functional groups attached to an aromatic ring is 1. The number of aryl methyl sites for hydroxylation is 1. The van der Waals surface area contributed by atoms with Crippen LogP contribution >= 0.6 is 11.9 Å². The summed E-state index contributed by atoms with van der Waals surface area (Å²) in [4.78, 5) is 11.6. The second-order valence-corrected chi connectivity index (χ2v) is 8.97. The summed E-state index contributed by atoms with van der Waals surface area (Å²) < 4.78 is 30.3. The van der Waals surface area contributed by atoms with Crippen LogP contribution in [0.4, 0.5) is 26.1 Å². The number of aromatic nitrogens is 2. The van der Waals surface area contributed by atoms with Gasteiger partial charge in [-0.15, -0.1) is 0 Å². The van der Waals surface area contributed by atoms with E-state index in [1.54, 1.807) is 0 Å². The lowest BCUT2D eigenvalue weighted by Gasteiger charge is -2.17. The van der Waals surface area contributed by atoms with Gasteiger partial charge in [0.15, 0.2) is 5.82 Å². The maximum absolute atomic E-state index is 13.9. The van der Waals surface area contributed by atoms with Crippen molar-refractivity contribution >= 4 is 35.5 Å². The predicted molar refractivity (Wildman–Crippen MR) is 135 cm³/mol. The molecule has 0 aliphatic carbocycles. The van der Waals surface area contributed by atoms with Crippen molar-refractivity contribution in [3.05, 3.63) is 59.2 Å². The highest BCUT2D eigenvalue weighted by Gasteiger charge is 2.15. The Hall–Kier alpha value is -3.24. The van der Waals surface area contributed by atoms with Crippen molar-refractivity contribution in [2.75, 3.05) is 42.0 Å². The van der Waals surface area contributed by atoms with E-state index in [1.807, 2.05) is 25.1 Å². The SMILES string of the molecule is Cc1cc(NSc2cc(F)ccc2F)ccc1-c1nc(N)c(C=N)c(NCCN2CCCC2)n1. The van der Waals surface area contributed by atoms with Crippen LogP contribution in [0.15, 0.2) is 41.3 Å². The molecule has 0 spiro atoms. The van der Waals surface area contributed by atoms with Crippen LogP contribution in [0.5, 0.6) is 0 Å². The van der Waals surface area contributed by atoms with Crippen LogP contribution in [-0.4, -0.2) is 47.3 Å². The number of hydrogen-bond acceptors (Lipinski definition) is 8. The van der Waals surface area contributed by atoms with Gasteiger partial charge in [0.1, 0.15) is 23.3 Å². The third-order valence-corrected chi connectivity index (χ3v) is 6.55. The van der Waals surface area contributed by atoms with E-state index in [4.69, 9.17) is 11.1 Å². The molecule has 2 heterocycles. The van der Waals surface area contributed by atoms with E-state index in [0.717, 1.165) is 66.6 Å². The second kappa shape index (κ2) is 10.8. The number of nitrogens with zero attached hydrogens (tertiary/aromatic N) is 3. The topological polar surface area (TPSA) is 103 Å². The normalized spacial score (nSPS) is 13.7. The van der Waals surface area contributed by atoms with Gasteiger partial charge in [-0.25, -0.2) is 18.7 Å². The van der Waals surface area contributed by atoms with Gasteiger partial charge in [-0.1, -0.05) is 0 Å². The Labute approximate surface area is 201 Å². The number of hydrogen-bond donors (Lipinski definition) is 4. The van der Waals surface area contributed by atoms with Gasteiger partial charge in [0.05, 0.1) is 10.5 Å². The van der Waals surface area contributed by atoms with E-state index in [2.05, 4.69) is 24.9 Å². The summed E-state index contributed by atoms with van der Waals surface area (Å²) in [6.07, 6.45) is 3.63. The van der Waals surface area contributed by atoms with Gasteiger partial charge in [-0.05, 0) is 86.8 Å². The van der Waals surface area contributed by atoms with Gasteiger partial charge in [0, 0.05) is 30.6 Å². The molecule has 4 rings (SSSR count). The van der Waals surface area contributed by atoms with E-state index in [9.17, 15) is 8.78 Å². The molecule has 7 nitrogen and oxygen atoms in total. The second-order valence-electron chi connectivity index (χ2n) is 8.12. The zero-order chi connectivity index (χ0) is 24.1. The van der Waals surface area contributed by atoms with Crippen LogP contribution < -0.4 is 15.8 Å². The molecule has 3 aromatic rings. The summed E-state index contributed by atoms with van der Waals surface area (Å²) in [5.41, 5.74) is 9.01. The van der Waals surface area contributed by atoms with E-state index >= 15 is 0 Å². The summed E-state index contributed by atoms with van der Waals surface area (Å²) >= 11 is 0.999. The molecular formula is C24H27F2N7S. The Kier molecular flexibility index (Phi) is 7.59. The molecule has 34 heavy (non-hydrogen) atoms. The number of likely N-dealkylation sites (tertiary alicyclic amines) is 1. The van der Waals surface area contributed by atoms with Crippen molar-refractivity contribution in [2.45, 2.75) is 24.7 Å². The highest BCUT2D eigenvalue weighted by atomic mass is 32.2. The number of benzene rings is 2. The predicted octanol–water partition coefficient (Wildman–Crippen LogP) is 4.94. The molecule has 1 aliphatic rings. The maximum Gasteiger partial charge on any atom is 0.164 e. The van der Waals surface area contributed by atoms with Crippen LogP contribution in [-0.2, 0) is 0 Å². The van der Waals surface area contributed by atoms with Crippen LogP contribution in [0.3, 0.4) is 0 Å². The average Bonchev–Trinajstić information content (AvgIpc) is 3.33. The molecule has 0 saturated carbocycles. The number of nitrogens with two attached hydrogens (primary N) is 1. The number of nitrogens with one attached hydrogen (secondary N) is 3. The molecule has 178 valence electrons. The van der Waals surface area contributed by atoms with Crippen LogP contribution in [0.1, 0.15) is 24.0 Å². The average molecular weight is 484 g/mol. The van der Waals surface area contributed by atoms with Gasteiger partial charge in [-0.3, -0.25) is 0 Å². The van der Waals surface area contributed by atoms with Crippen LogP contribution in [0, 0.1) is 24.0 Å². The minimum Gasteiger partial charge on any atom is -0.383 e. The first-order chi connectivity index (χ1) is 16.4. The van der Waals surface area contributed by atoms with Gasteiger partial charge >= 0.3 is 0 Å².